The maximum atomic E-state index is 11.2. The molecule has 0 saturated heterocycles. The zero-order chi connectivity index (χ0) is 12.6. The van der Waals surface area contributed by atoms with Gasteiger partial charge in [-0.2, -0.15) is 0 Å². The van der Waals surface area contributed by atoms with Crippen molar-refractivity contribution in [3.8, 4) is 5.75 Å². The van der Waals surface area contributed by atoms with E-state index in [0.29, 0.717) is 11.1 Å². The zero-order valence-corrected chi connectivity index (χ0v) is 9.22. The summed E-state index contributed by atoms with van der Waals surface area (Å²) in [4.78, 5) is 21.4. The molecule has 0 radical (unpaired) electrons. The van der Waals surface area contributed by atoms with E-state index in [1.54, 1.807) is 0 Å². The Morgan fingerprint density at radius 1 is 1.47 bits per heavy atom. The second-order valence-electron chi connectivity index (χ2n) is 3.45. The third-order valence-electron chi connectivity index (χ3n) is 2.39. The number of ether oxygens (including phenoxy) is 1. The molecular weight excluding hydrogens is 226 g/mol. The van der Waals surface area contributed by atoms with E-state index in [9.17, 15) is 14.9 Å². The normalized spacial score (nSPS) is 10.5. The van der Waals surface area contributed by atoms with Crippen LogP contribution in [0.3, 0.4) is 0 Å². The fourth-order valence-corrected chi connectivity index (χ4v) is 1.58. The second kappa shape index (κ2) is 3.89. The van der Waals surface area contributed by atoms with E-state index in [4.69, 9.17) is 9.15 Å². The average Bonchev–Trinajstić information content (AvgIpc) is 2.71. The van der Waals surface area contributed by atoms with Gasteiger partial charge in [0.05, 0.1) is 17.4 Å². The number of benzene rings is 1. The molecular formula is C11H9NO5. The van der Waals surface area contributed by atoms with Gasteiger partial charge in [-0.3, -0.25) is 14.9 Å². The minimum absolute atomic E-state index is 0.0551. The quantitative estimate of drug-likeness (QED) is 0.463. The van der Waals surface area contributed by atoms with Crippen molar-refractivity contribution in [1.29, 1.82) is 0 Å². The van der Waals surface area contributed by atoms with Crippen LogP contribution in [0.2, 0.25) is 0 Å². The van der Waals surface area contributed by atoms with Crippen molar-refractivity contribution in [1.82, 2.24) is 0 Å². The molecule has 0 aliphatic carbocycles. The number of hydrogen-bond donors (Lipinski definition) is 0. The van der Waals surface area contributed by atoms with Gasteiger partial charge in [-0.25, -0.2) is 0 Å². The van der Waals surface area contributed by atoms with Crippen molar-refractivity contribution in [3.05, 3.63) is 34.1 Å². The number of non-ortho nitro benzene ring substituents is 1. The fraction of sp³-hybridized carbons (Fsp3) is 0.182. The Balaban J connectivity index is 2.81. The van der Waals surface area contributed by atoms with E-state index in [0.717, 1.165) is 0 Å². The zero-order valence-electron chi connectivity index (χ0n) is 9.22. The molecule has 6 heteroatoms. The monoisotopic (exact) mass is 235 g/mol. The first-order valence-electron chi connectivity index (χ1n) is 4.80. The lowest BCUT2D eigenvalue weighted by atomic mass is 10.2. The van der Waals surface area contributed by atoms with Crippen LogP contribution in [0.4, 0.5) is 5.69 Å². The summed E-state index contributed by atoms with van der Waals surface area (Å²) in [6, 6.07) is 4.21. The average molecular weight is 235 g/mol. The van der Waals surface area contributed by atoms with Crippen molar-refractivity contribution >= 4 is 22.4 Å². The maximum Gasteiger partial charge on any atom is 0.312 e. The van der Waals surface area contributed by atoms with Gasteiger partial charge < -0.3 is 9.15 Å². The van der Waals surface area contributed by atoms with Gasteiger partial charge in [-0.15, -0.1) is 0 Å². The van der Waals surface area contributed by atoms with E-state index in [-0.39, 0.29) is 22.8 Å². The van der Waals surface area contributed by atoms with Crippen LogP contribution < -0.4 is 4.74 Å². The van der Waals surface area contributed by atoms with E-state index in [2.05, 4.69) is 0 Å². The molecule has 1 aromatic heterocycles. The predicted molar refractivity (Wildman–Crippen MR) is 59.4 cm³/mol. The Labute approximate surface area is 95.9 Å². The fourth-order valence-electron chi connectivity index (χ4n) is 1.58. The SMILES string of the molecule is COc1ccc([N+](=O)[O-])c2oc(C(C)=O)cc12. The van der Waals surface area contributed by atoms with Crippen LogP contribution in [0.5, 0.6) is 5.75 Å². The second-order valence-corrected chi connectivity index (χ2v) is 3.45. The molecule has 2 aromatic rings. The molecule has 0 fully saturated rings. The molecule has 1 aromatic carbocycles. The van der Waals surface area contributed by atoms with Crippen LogP contribution in [-0.2, 0) is 0 Å². The van der Waals surface area contributed by atoms with Gasteiger partial charge in [0, 0.05) is 13.0 Å². The van der Waals surface area contributed by atoms with Gasteiger partial charge >= 0.3 is 5.69 Å². The van der Waals surface area contributed by atoms with Crippen LogP contribution in [0, 0.1) is 10.1 Å². The van der Waals surface area contributed by atoms with E-state index in [1.165, 1.54) is 32.2 Å². The lowest BCUT2D eigenvalue weighted by molar-refractivity contribution is -0.383. The van der Waals surface area contributed by atoms with Crippen molar-refractivity contribution in [2.75, 3.05) is 7.11 Å². The van der Waals surface area contributed by atoms with Gasteiger partial charge in [0.2, 0.25) is 5.58 Å². The molecule has 0 aliphatic heterocycles. The van der Waals surface area contributed by atoms with Crippen molar-refractivity contribution in [3.63, 3.8) is 0 Å². The van der Waals surface area contributed by atoms with Crippen LogP contribution in [-0.4, -0.2) is 17.8 Å². The Bertz CT molecular complexity index is 614. The predicted octanol–water partition coefficient (Wildman–Crippen LogP) is 2.55. The largest absolute Gasteiger partial charge is 0.496 e. The van der Waals surface area contributed by atoms with Crippen LogP contribution >= 0.6 is 0 Å². The van der Waals surface area contributed by atoms with Crippen molar-refractivity contribution < 1.29 is 18.9 Å². The lowest BCUT2D eigenvalue weighted by Gasteiger charge is -2.00. The number of nitrogens with zero attached hydrogens (tertiary/aromatic N) is 1. The molecule has 2 rings (SSSR count). The van der Waals surface area contributed by atoms with E-state index in [1.807, 2.05) is 0 Å². The van der Waals surface area contributed by atoms with Crippen LogP contribution in [0.25, 0.3) is 11.0 Å². The molecule has 0 aliphatic rings. The summed E-state index contributed by atoms with van der Waals surface area (Å²) >= 11 is 0. The number of fused-ring (bicyclic) bond motifs is 1. The standard InChI is InChI=1S/C11H9NO5/c1-6(13)10-5-7-9(16-2)4-3-8(12(14)15)11(7)17-10/h3-5H,1-2H3. The first-order valence-corrected chi connectivity index (χ1v) is 4.80. The number of nitro groups is 1. The van der Waals surface area contributed by atoms with Crippen molar-refractivity contribution in [2.45, 2.75) is 6.92 Å². The summed E-state index contributed by atoms with van der Waals surface area (Å²) in [6.45, 7) is 1.33. The molecule has 0 bridgehead atoms. The number of furan rings is 1. The van der Waals surface area contributed by atoms with Crippen LogP contribution in [0.15, 0.2) is 22.6 Å². The Hall–Kier alpha value is -2.37. The highest BCUT2D eigenvalue weighted by Crippen LogP contribution is 2.35. The number of carbonyl (C=O) groups excluding carboxylic acids is 1. The highest BCUT2D eigenvalue weighted by atomic mass is 16.6. The molecule has 0 unspecified atom stereocenters. The highest BCUT2D eigenvalue weighted by molar-refractivity contribution is 6.00. The molecule has 88 valence electrons. The van der Waals surface area contributed by atoms with Gasteiger partial charge in [0.1, 0.15) is 5.75 Å². The number of rotatable bonds is 3. The van der Waals surface area contributed by atoms with Crippen LogP contribution in [0.1, 0.15) is 17.5 Å². The summed E-state index contributed by atoms with van der Waals surface area (Å²) < 4.78 is 10.3. The Morgan fingerprint density at radius 2 is 2.18 bits per heavy atom. The molecule has 6 nitrogen and oxygen atoms in total. The smallest absolute Gasteiger partial charge is 0.312 e. The number of nitro benzene ring substituents is 1. The number of carbonyl (C=O) groups is 1. The molecule has 17 heavy (non-hydrogen) atoms. The lowest BCUT2D eigenvalue weighted by Crippen LogP contribution is -1.90. The summed E-state index contributed by atoms with van der Waals surface area (Å²) in [7, 11) is 1.45. The number of methoxy groups -OCH3 is 1. The van der Waals surface area contributed by atoms with Gasteiger partial charge in [0.15, 0.2) is 11.5 Å². The number of hydrogen-bond acceptors (Lipinski definition) is 5. The minimum atomic E-state index is -0.560. The molecule has 0 saturated carbocycles. The van der Waals surface area contributed by atoms with Gasteiger partial charge in [-0.05, 0) is 12.1 Å². The minimum Gasteiger partial charge on any atom is -0.496 e. The topological polar surface area (TPSA) is 82.6 Å². The number of ketones is 1. The van der Waals surface area contributed by atoms with Gasteiger partial charge in [-0.1, -0.05) is 0 Å². The molecule has 0 atom stereocenters. The maximum absolute atomic E-state index is 11.2. The molecule has 1 heterocycles. The third-order valence-corrected chi connectivity index (χ3v) is 2.39. The summed E-state index contributed by atoms with van der Waals surface area (Å²) in [6.07, 6.45) is 0. The van der Waals surface area contributed by atoms with Gasteiger partial charge in [0.25, 0.3) is 0 Å². The van der Waals surface area contributed by atoms with E-state index >= 15 is 0 Å². The summed E-state index contributed by atoms with van der Waals surface area (Å²) in [5.41, 5.74) is -0.132. The number of Topliss-reactive ketones (excluding diaryl/α,β-unsaturated/α-hetero) is 1. The molecule has 0 amide bonds. The first kappa shape index (κ1) is 11.1. The van der Waals surface area contributed by atoms with E-state index < -0.39 is 4.92 Å². The Morgan fingerprint density at radius 3 is 2.71 bits per heavy atom. The Kier molecular flexibility index (Phi) is 2.55. The summed E-state index contributed by atoms with van der Waals surface area (Å²) in [5, 5.41) is 11.2. The molecule has 0 N–H and O–H groups in total. The third kappa shape index (κ3) is 1.73. The summed E-state index contributed by atoms with van der Waals surface area (Å²) in [5.74, 6) is 0.215. The highest BCUT2D eigenvalue weighted by Gasteiger charge is 2.21. The first-order chi connectivity index (χ1) is 8.04. The van der Waals surface area contributed by atoms with Crippen molar-refractivity contribution in [2.24, 2.45) is 0 Å². The molecule has 0 spiro atoms.